The van der Waals surface area contributed by atoms with E-state index in [4.69, 9.17) is 0 Å². The molecule has 0 atom stereocenters. The van der Waals surface area contributed by atoms with Crippen molar-refractivity contribution >= 4 is 17.2 Å². The Hall–Kier alpha value is -1.72. The van der Waals surface area contributed by atoms with E-state index in [0.29, 0.717) is 6.42 Å². The van der Waals surface area contributed by atoms with Crippen molar-refractivity contribution in [2.45, 2.75) is 44.2 Å². The number of hydrogen-bond acceptors (Lipinski definition) is 4. The average molecular weight is 316 g/mol. The van der Waals surface area contributed by atoms with Gasteiger partial charge >= 0.3 is 0 Å². The molecule has 0 unspecified atom stereocenters. The van der Waals surface area contributed by atoms with Crippen LogP contribution in [0.2, 0.25) is 0 Å². The van der Waals surface area contributed by atoms with Crippen LogP contribution in [-0.2, 0) is 11.2 Å². The van der Waals surface area contributed by atoms with Gasteiger partial charge < -0.3 is 10.4 Å². The second-order valence-corrected chi connectivity index (χ2v) is 6.62. The van der Waals surface area contributed by atoms with Crippen LogP contribution in [0.5, 0.6) is 0 Å². The van der Waals surface area contributed by atoms with Gasteiger partial charge in [-0.15, -0.1) is 11.3 Å². The van der Waals surface area contributed by atoms with Crippen molar-refractivity contribution in [2.75, 3.05) is 0 Å². The summed E-state index contributed by atoms with van der Waals surface area (Å²) in [6.45, 7) is 0. The normalized spacial score (nSPS) is 21.5. The van der Waals surface area contributed by atoms with E-state index in [1.807, 2.05) is 35.7 Å². The number of aromatic nitrogens is 1. The van der Waals surface area contributed by atoms with Gasteiger partial charge in [0.25, 0.3) is 0 Å². The second-order valence-electron chi connectivity index (χ2n) is 5.76. The van der Waals surface area contributed by atoms with Gasteiger partial charge in [0.05, 0.1) is 18.2 Å². The average Bonchev–Trinajstić information content (AvgIpc) is 2.99. The number of carbonyl (C=O) groups is 1. The summed E-state index contributed by atoms with van der Waals surface area (Å²) in [5.74, 6) is 0.0197. The Morgan fingerprint density at radius 2 is 1.95 bits per heavy atom. The van der Waals surface area contributed by atoms with E-state index in [-0.39, 0.29) is 18.1 Å². The number of nitrogens with zero attached hydrogens (tertiary/aromatic N) is 1. The molecule has 116 valence electrons. The highest BCUT2D eigenvalue weighted by Crippen LogP contribution is 2.23. The van der Waals surface area contributed by atoms with Crippen molar-refractivity contribution in [3.63, 3.8) is 0 Å². The number of amides is 1. The molecule has 1 aliphatic rings. The smallest absolute Gasteiger partial charge is 0.226 e. The Balaban J connectivity index is 1.55. The Morgan fingerprint density at radius 3 is 2.68 bits per heavy atom. The van der Waals surface area contributed by atoms with Crippen molar-refractivity contribution in [1.82, 2.24) is 10.3 Å². The van der Waals surface area contributed by atoms with Gasteiger partial charge in [-0.25, -0.2) is 4.98 Å². The summed E-state index contributed by atoms with van der Waals surface area (Å²) >= 11 is 1.57. The van der Waals surface area contributed by atoms with Gasteiger partial charge in [0, 0.05) is 17.0 Å². The molecule has 2 aromatic rings. The number of hydrogen-bond donors (Lipinski definition) is 2. The Kier molecular flexibility index (Phi) is 4.85. The fourth-order valence-electron chi connectivity index (χ4n) is 2.76. The Morgan fingerprint density at radius 1 is 1.23 bits per heavy atom. The van der Waals surface area contributed by atoms with Crippen LogP contribution < -0.4 is 5.32 Å². The van der Waals surface area contributed by atoms with Gasteiger partial charge in [-0.3, -0.25) is 4.79 Å². The summed E-state index contributed by atoms with van der Waals surface area (Å²) in [5.41, 5.74) is 1.90. The van der Waals surface area contributed by atoms with Crippen LogP contribution >= 0.6 is 11.3 Å². The first kappa shape index (κ1) is 15.2. The van der Waals surface area contributed by atoms with E-state index in [0.717, 1.165) is 41.9 Å². The molecule has 1 amide bonds. The molecule has 2 N–H and O–H groups in total. The first-order valence-corrected chi connectivity index (χ1v) is 8.56. The zero-order valence-corrected chi connectivity index (χ0v) is 13.2. The van der Waals surface area contributed by atoms with Gasteiger partial charge in [0.1, 0.15) is 5.01 Å². The maximum Gasteiger partial charge on any atom is 0.226 e. The first-order chi connectivity index (χ1) is 10.7. The van der Waals surface area contributed by atoms with Crippen LogP contribution in [0.4, 0.5) is 0 Å². The quantitative estimate of drug-likeness (QED) is 0.912. The minimum Gasteiger partial charge on any atom is -0.393 e. The summed E-state index contributed by atoms with van der Waals surface area (Å²) in [4.78, 5) is 16.6. The van der Waals surface area contributed by atoms with Crippen molar-refractivity contribution in [3.05, 3.63) is 41.4 Å². The van der Waals surface area contributed by atoms with Crippen molar-refractivity contribution in [1.29, 1.82) is 0 Å². The van der Waals surface area contributed by atoms with Gasteiger partial charge in [-0.1, -0.05) is 30.3 Å². The number of benzene rings is 1. The van der Waals surface area contributed by atoms with E-state index in [2.05, 4.69) is 10.3 Å². The Labute approximate surface area is 134 Å². The molecule has 0 bridgehead atoms. The third kappa shape index (κ3) is 3.93. The molecule has 1 aromatic carbocycles. The lowest BCUT2D eigenvalue weighted by atomic mass is 9.93. The molecular weight excluding hydrogens is 296 g/mol. The monoisotopic (exact) mass is 316 g/mol. The van der Waals surface area contributed by atoms with Crippen LogP contribution in [-0.4, -0.2) is 28.1 Å². The van der Waals surface area contributed by atoms with Crippen molar-refractivity contribution in [2.24, 2.45) is 0 Å². The molecule has 22 heavy (non-hydrogen) atoms. The number of nitrogens with one attached hydrogen (secondary N) is 1. The zero-order valence-electron chi connectivity index (χ0n) is 12.4. The molecule has 3 rings (SSSR count). The zero-order chi connectivity index (χ0) is 15.4. The fraction of sp³-hybridized carbons (Fsp3) is 0.412. The Bertz CT molecular complexity index is 619. The van der Waals surface area contributed by atoms with Gasteiger partial charge in [0.15, 0.2) is 0 Å². The first-order valence-electron chi connectivity index (χ1n) is 7.68. The maximum absolute atomic E-state index is 12.1. The minimum absolute atomic E-state index is 0.0197. The van der Waals surface area contributed by atoms with Crippen LogP contribution in [0.15, 0.2) is 35.7 Å². The molecule has 5 heteroatoms. The number of carbonyl (C=O) groups excluding carboxylic acids is 1. The highest BCUT2D eigenvalue weighted by Gasteiger charge is 2.21. The SMILES string of the molecule is O=C(Cc1csc(-c2ccccc2)n1)NC1CCC(O)CC1. The van der Waals surface area contributed by atoms with E-state index in [1.54, 1.807) is 11.3 Å². The molecule has 0 radical (unpaired) electrons. The van der Waals surface area contributed by atoms with Gasteiger partial charge in [-0.05, 0) is 25.7 Å². The van der Waals surface area contributed by atoms with Gasteiger partial charge in [0.2, 0.25) is 5.91 Å². The number of thiazole rings is 1. The standard InChI is InChI=1S/C17H20N2O2S/c20-15-8-6-13(7-9-15)18-16(21)10-14-11-22-17(19-14)12-4-2-1-3-5-12/h1-5,11,13,15,20H,6-10H2,(H,18,21). The summed E-state index contributed by atoms with van der Waals surface area (Å²) in [6.07, 6.45) is 3.40. The largest absolute Gasteiger partial charge is 0.393 e. The van der Waals surface area contributed by atoms with Crippen LogP contribution in [0, 0.1) is 0 Å². The summed E-state index contributed by atoms with van der Waals surface area (Å²) in [7, 11) is 0. The molecule has 1 heterocycles. The minimum atomic E-state index is -0.194. The lowest BCUT2D eigenvalue weighted by Gasteiger charge is -2.26. The summed E-state index contributed by atoms with van der Waals surface area (Å²) in [5, 5.41) is 15.4. The number of aliphatic hydroxyl groups is 1. The van der Waals surface area contributed by atoms with Crippen molar-refractivity contribution < 1.29 is 9.90 Å². The molecule has 1 fully saturated rings. The van der Waals surface area contributed by atoms with E-state index in [9.17, 15) is 9.90 Å². The van der Waals surface area contributed by atoms with Gasteiger partial charge in [-0.2, -0.15) is 0 Å². The van der Waals surface area contributed by atoms with E-state index < -0.39 is 0 Å². The molecule has 0 saturated heterocycles. The third-order valence-corrected chi connectivity index (χ3v) is 4.92. The molecule has 0 aliphatic heterocycles. The fourth-order valence-corrected chi connectivity index (χ4v) is 3.59. The van der Waals surface area contributed by atoms with Crippen LogP contribution in [0.3, 0.4) is 0 Å². The summed E-state index contributed by atoms with van der Waals surface area (Å²) in [6, 6.07) is 10.2. The topological polar surface area (TPSA) is 62.2 Å². The predicted octanol–water partition coefficient (Wildman–Crippen LogP) is 2.77. The number of rotatable bonds is 4. The lowest BCUT2D eigenvalue weighted by Crippen LogP contribution is -2.39. The molecule has 4 nitrogen and oxygen atoms in total. The second kappa shape index (κ2) is 7.03. The highest BCUT2D eigenvalue weighted by molar-refractivity contribution is 7.13. The highest BCUT2D eigenvalue weighted by atomic mass is 32.1. The third-order valence-electron chi connectivity index (χ3n) is 3.98. The molecule has 1 aliphatic carbocycles. The van der Waals surface area contributed by atoms with E-state index in [1.165, 1.54) is 0 Å². The van der Waals surface area contributed by atoms with E-state index >= 15 is 0 Å². The molecule has 0 spiro atoms. The molecule has 1 aromatic heterocycles. The maximum atomic E-state index is 12.1. The lowest BCUT2D eigenvalue weighted by molar-refractivity contribution is -0.121. The number of aliphatic hydroxyl groups excluding tert-OH is 1. The molecular formula is C17H20N2O2S. The molecule has 1 saturated carbocycles. The van der Waals surface area contributed by atoms with Crippen molar-refractivity contribution in [3.8, 4) is 10.6 Å². The van der Waals surface area contributed by atoms with Crippen LogP contribution in [0.1, 0.15) is 31.4 Å². The predicted molar refractivity (Wildman–Crippen MR) is 87.7 cm³/mol. The van der Waals surface area contributed by atoms with Crippen LogP contribution in [0.25, 0.3) is 10.6 Å². The summed E-state index contributed by atoms with van der Waals surface area (Å²) < 4.78 is 0.